The molecule has 0 radical (unpaired) electrons. The molecule has 1 atom stereocenters. The first-order valence-electron chi connectivity index (χ1n) is 10.6. The molecule has 1 saturated heterocycles. The third kappa shape index (κ3) is 6.08. The Morgan fingerprint density at radius 2 is 1.77 bits per heavy atom. The second-order valence-corrected chi connectivity index (χ2v) is 7.97. The Balaban J connectivity index is 1.54. The second kappa shape index (κ2) is 10.8. The molecule has 162 valence electrons. The number of anilines is 1. The Hall–Kier alpha value is -2.84. The molecule has 2 aromatic rings. The molecule has 0 aliphatic carbocycles. The zero-order valence-corrected chi connectivity index (χ0v) is 17.8. The summed E-state index contributed by atoms with van der Waals surface area (Å²) in [6.07, 6.45) is 1.65. The maximum absolute atomic E-state index is 12.2. The van der Waals surface area contributed by atoms with Crippen LogP contribution in [0.25, 0.3) is 0 Å². The van der Waals surface area contributed by atoms with E-state index in [2.05, 4.69) is 39.8 Å². The van der Waals surface area contributed by atoms with E-state index in [0.29, 0.717) is 13.1 Å². The molecule has 3 rings (SSSR count). The number of nitrogens with one attached hydrogen (secondary N) is 4. The van der Waals surface area contributed by atoms with Crippen LogP contribution in [-0.4, -0.2) is 71.7 Å². The van der Waals surface area contributed by atoms with Crippen molar-refractivity contribution in [1.82, 2.24) is 10.6 Å². The summed E-state index contributed by atoms with van der Waals surface area (Å²) in [6.45, 7) is 5.31. The average Bonchev–Trinajstić information content (AvgIpc) is 3.29. The molecule has 0 saturated carbocycles. The van der Waals surface area contributed by atoms with Gasteiger partial charge in [-0.2, -0.15) is 0 Å². The third-order valence-electron chi connectivity index (χ3n) is 5.49. The van der Waals surface area contributed by atoms with E-state index in [0.717, 1.165) is 38.5 Å². The second-order valence-electron chi connectivity index (χ2n) is 7.97. The molecule has 8 heteroatoms. The summed E-state index contributed by atoms with van der Waals surface area (Å²) >= 11 is 0. The van der Waals surface area contributed by atoms with Crippen molar-refractivity contribution in [1.29, 1.82) is 0 Å². The Labute approximate surface area is 177 Å². The van der Waals surface area contributed by atoms with Crippen LogP contribution in [0.4, 0.5) is 5.69 Å². The molecule has 1 aromatic carbocycles. The first-order chi connectivity index (χ1) is 14.5. The topological polar surface area (TPSA) is 83.5 Å². The number of rotatable bonds is 8. The first-order valence-corrected chi connectivity index (χ1v) is 10.6. The number of carbonyl (C=O) groups excluding carboxylic acids is 2. The molecule has 8 nitrogen and oxygen atoms in total. The van der Waals surface area contributed by atoms with E-state index in [1.165, 1.54) is 15.5 Å². The monoisotopic (exact) mass is 415 g/mol. The lowest BCUT2D eigenvalue weighted by molar-refractivity contribution is -0.932. The largest absolute Gasteiger partial charge is 0.463 e. The molecule has 1 aliphatic heterocycles. The van der Waals surface area contributed by atoms with Crippen molar-refractivity contribution < 1.29 is 23.8 Å². The fourth-order valence-electron chi connectivity index (χ4n) is 3.76. The minimum absolute atomic E-state index is 0.0270. The smallest absolute Gasteiger partial charge is 0.309 e. The molecule has 4 N–H and O–H groups in total. The zero-order chi connectivity index (χ0) is 21.3. The lowest BCUT2D eigenvalue weighted by Gasteiger charge is -2.37. The van der Waals surface area contributed by atoms with Gasteiger partial charge < -0.3 is 29.8 Å². The van der Waals surface area contributed by atoms with Gasteiger partial charge in [0, 0.05) is 5.69 Å². The minimum Gasteiger partial charge on any atom is -0.463 e. The molecule has 0 unspecified atom stereocenters. The number of piperazine rings is 1. The molecular formula is C22H33N5O3+2. The highest BCUT2D eigenvalue weighted by Crippen LogP contribution is 2.14. The van der Waals surface area contributed by atoms with E-state index in [9.17, 15) is 9.59 Å². The van der Waals surface area contributed by atoms with Gasteiger partial charge in [-0.05, 0) is 24.3 Å². The zero-order valence-electron chi connectivity index (χ0n) is 17.8. The molecule has 1 aliphatic rings. The highest BCUT2D eigenvalue weighted by molar-refractivity contribution is 6.35. The van der Waals surface area contributed by atoms with Crippen molar-refractivity contribution in [3.05, 3.63) is 54.5 Å². The van der Waals surface area contributed by atoms with Gasteiger partial charge in [-0.3, -0.25) is 9.59 Å². The van der Waals surface area contributed by atoms with Crippen LogP contribution in [-0.2, 0) is 9.59 Å². The van der Waals surface area contributed by atoms with Crippen molar-refractivity contribution in [3.63, 3.8) is 0 Å². The Kier molecular flexibility index (Phi) is 7.87. The average molecular weight is 416 g/mol. The van der Waals surface area contributed by atoms with E-state index in [1.807, 2.05) is 32.3 Å². The maximum Gasteiger partial charge on any atom is 0.309 e. The summed E-state index contributed by atoms with van der Waals surface area (Å²) in [5.41, 5.74) is 1.23. The van der Waals surface area contributed by atoms with Gasteiger partial charge in [0.25, 0.3) is 0 Å². The van der Waals surface area contributed by atoms with Gasteiger partial charge in [0.1, 0.15) is 0 Å². The van der Waals surface area contributed by atoms with E-state index in [-0.39, 0.29) is 6.04 Å². The van der Waals surface area contributed by atoms with Crippen LogP contribution in [0.3, 0.4) is 0 Å². The van der Waals surface area contributed by atoms with Gasteiger partial charge in [0.2, 0.25) is 0 Å². The quantitative estimate of drug-likeness (QED) is 0.380. The molecule has 0 bridgehead atoms. The fraction of sp³-hybridized carbons (Fsp3) is 0.455. The normalized spacial score (nSPS) is 15.8. The van der Waals surface area contributed by atoms with Crippen LogP contribution >= 0.6 is 0 Å². The van der Waals surface area contributed by atoms with Gasteiger partial charge >= 0.3 is 11.8 Å². The van der Waals surface area contributed by atoms with E-state index < -0.39 is 11.8 Å². The SMILES string of the molecule is C[NH+](C)CCNC(=O)C(=O)NC[C@H](c1ccco1)[NH+]1CCN(c2ccccc2)CC1. The van der Waals surface area contributed by atoms with E-state index in [1.54, 1.807) is 6.26 Å². The number of quaternary nitrogens is 2. The van der Waals surface area contributed by atoms with Crippen LogP contribution in [0, 0.1) is 0 Å². The van der Waals surface area contributed by atoms with Crippen LogP contribution in [0.5, 0.6) is 0 Å². The Morgan fingerprint density at radius 3 is 2.40 bits per heavy atom. The minimum atomic E-state index is -0.595. The predicted molar refractivity (Wildman–Crippen MR) is 114 cm³/mol. The van der Waals surface area contributed by atoms with Crippen molar-refractivity contribution in [2.75, 3.05) is 64.8 Å². The number of hydrogen-bond acceptors (Lipinski definition) is 4. The number of hydrogen-bond donors (Lipinski definition) is 4. The lowest BCUT2D eigenvalue weighted by Crippen LogP contribution is -3.15. The Bertz CT molecular complexity index is 786. The summed E-state index contributed by atoms with van der Waals surface area (Å²) in [6, 6.07) is 14.2. The Morgan fingerprint density at radius 1 is 1.07 bits per heavy atom. The van der Waals surface area contributed by atoms with E-state index in [4.69, 9.17) is 4.42 Å². The molecule has 0 spiro atoms. The predicted octanol–water partition coefficient (Wildman–Crippen LogP) is -1.90. The van der Waals surface area contributed by atoms with Crippen molar-refractivity contribution in [3.8, 4) is 0 Å². The first kappa shape index (κ1) is 21.9. The van der Waals surface area contributed by atoms with Crippen molar-refractivity contribution >= 4 is 17.5 Å². The van der Waals surface area contributed by atoms with Crippen molar-refractivity contribution in [2.24, 2.45) is 0 Å². The number of furan rings is 1. The highest BCUT2D eigenvalue weighted by Gasteiger charge is 2.31. The molecule has 1 aromatic heterocycles. The lowest BCUT2D eigenvalue weighted by atomic mass is 10.1. The summed E-state index contributed by atoms with van der Waals surface area (Å²) in [5, 5.41) is 5.46. The van der Waals surface area contributed by atoms with Gasteiger partial charge in [-0.1, -0.05) is 18.2 Å². The number of likely N-dealkylation sites (N-methyl/N-ethyl adjacent to an activating group) is 1. The van der Waals surface area contributed by atoms with Crippen LogP contribution in [0.1, 0.15) is 11.8 Å². The number of benzene rings is 1. The molecule has 2 amide bonds. The summed E-state index contributed by atoms with van der Waals surface area (Å²) in [4.78, 5) is 29.2. The van der Waals surface area contributed by atoms with Gasteiger partial charge in [0.15, 0.2) is 11.8 Å². The molecule has 30 heavy (non-hydrogen) atoms. The number of amides is 2. The fourth-order valence-corrected chi connectivity index (χ4v) is 3.76. The summed E-state index contributed by atoms with van der Waals surface area (Å²) in [5.74, 6) is -0.351. The third-order valence-corrected chi connectivity index (χ3v) is 5.49. The molecule has 1 fully saturated rings. The van der Waals surface area contributed by atoms with E-state index >= 15 is 0 Å². The molecule has 2 heterocycles. The number of carbonyl (C=O) groups is 2. The maximum atomic E-state index is 12.2. The van der Waals surface area contributed by atoms with Crippen LogP contribution in [0.15, 0.2) is 53.1 Å². The van der Waals surface area contributed by atoms with Gasteiger partial charge in [0.05, 0.1) is 66.2 Å². The number of para-hydroxylation sites is 1. The van der Waals surface area contributed by atoms with Gasteiger partial charge in [-0.25, -0.2) is 0 Å². The van der Waals surface area contributed by atoms with Crippen LogP contribution in [0.2, 0.25) is 0 Å². The van der Waals surface area contributed by atoms with Crippen molar-refractivity contribution in [2.45, 2.75) is 6.04 Å². The standard InChI is InChI=1S/C22H31N5O3/c1-25(2)11-10-23-21(28)22(29)24-17-19(20-9-6-16-30-20)27-14-12-26(13-15-27)18-7-4-3-5-8-18/h3-9,16,19H,10-15,17H2,1-2H3,(H,23,28)(H,24,29)/p+2/t19-/m1/s1. The highest BCUT2D eigenvalue weighted by atomic mass is 16.3. The molecular weight excluding hydrogens is 382 g/mol. The summed E-state index contributed by atoms with van der Waals surface area (Å²) < 4.78 is 5.66. The number of nitrogens with zero attached hydrogens (tertiary/aromatic N) is 1. The van der Waals surface area contributed by atoms with Gasteiger partial charge in [-0.15, -0.1) is 0 Å². The summed E-state index contributed by atoms with van der Waals surface area (Å²) in [7, 11) is 4.00. The van der Waals surface area contributed by atoms with Crippen LogP contribution < -0.4 is 25.3 Å².